The van der Waals surface area contributed by atoms with Crippen molar-refractivity contribution in [2.45, 2.75) is 20.4 Å². The van der Waals surface area contributed by atoms with Crippen LogP contribution >= 0.6 is 0 Å². The van der Waals surface area contributed by atoms with E-state index in [-0.39, 0.29) is 5.56 Å². The first-order valence-electron chi connectivity index (χ1n) is 9.25. The van der Waals surface area contributed by atoms with Crippen LogP contribution in [-0.2, 0) is 6.54 Å². The highest BCUT2D eigenvalue weighted by atomic mass is 16.3. The first kappa shape index (κ1) is 18.5. The Hall–Kier alpha value is -3.87. The van der Waals surface area contributed by atoms with Crippen LogP contribution in [0.5, 0.6) is 0 Å². The van der Waals surface area contributed by atoms with Gasteiger partial charge in [-0.25, -0.2) is 4.98 Å². The van der Waals surface area contributed by atoms with E-state index < -0.39 is 0 Å². The molecule has 2 N–H and O–H groups in total. The molecule has 29 heavy (non-hydrogen) atoms. The first-order chi connectivity index (χ1) is 14.1. The molecule has 0 spiro atoms. The Morgan fingerprint density at radius 3 is 2.66 bits per heavy atom. The fourth-order valence-corrected chi connectivity index (χ4v) is 2.89. The summed E-state index contributed by atoms with van der Waals surface area (Å²) in [6.45, 7) is 4.36. The summed E-state index contributed by atoms with van der Waals surface area (Å²) in [4.78, 5) is 17.7. The third kappa shape index (κ3) is 4.19. The highest BCUT2D eigenvalue weighted by Crippen LogP contribution is 2.13. The van der Waals surface area contributed by atoms with Gasteiger partial charge >= 0.3 is 0 Å². The zero-order valence-electron chi connectivity index (χ0n) is 16.2. The molecule has 4 rings (SSSR count). The van der Waals surface area contributed by atoms with Crippen molar-refractivity contribution in [2.24, 2.45) is 5.10 Å². The number of hydrogen-bond acceptors (Lipinski definition) is 6. The Morgan fingerprint density at radius 2 is 1.90 bits per heavy atom. The number of pyridine rings is 1. The molecule has 0 fully saturated rings. The average molecular weight is 387 g/mol. The van der Waals surface area contributed by atoms with Crippen molar-refractivity contribution in [3.63, 3.8) is 0 Å². The Balaban J connectivity index is 1.69. The number of anilines is 2. The van der Waals surface area contributed by atoms with Crippen LogP contribution in [0.1, 0.15) is 22.5 Å². The van der Waals surface area contributed by atoms with Gasteiger partial charge < -0.3 is 9.73 Å². The number of rotatable bonds is 6. The monoisotopic (exact) mass is 387 g/mol. The first-order valence-corrected chi connectivity index (χ1v) is 9.25. The Morgan fingerprint density at radius 1 is 1.10 bits per heavy atom. The van der Waals surface area contributed by atoms with Crippen LogP contribution in [0, 0.1) is 13.8 Å². The molecule has 0 aliphatic carbocycles. The maximum absolute atomic E-state index is 13.1. The van der Waals surface area contributed by atoms with Crippen LogP contribution < -0.4 is 16.3 Å². The molecule has 1 aromatic carbocycles. The number of aryl methyl sites for hydroxylation is 2. The number of furan rings is 1. The smallest absolute Gasteiger partial charge is 0.268 e. The predicted octanol–water partition coefficient (Wildman–Crippen LogP) is 3.96. The minimum Gasteiger partial charge on any atom is -0.467 e. The van der Waals surface area contributed by atoms with Gasteiger partial charge in [0, 0.05) is 6.20 Å². The van der Waals surface area contributed by atoms with Gasteiger partial charge in [0.25, 0.3) is 5.56 Å². The predicted molar refractivity (Wildman–Crippen MR) is 115 cm³/mol. The van der Waals surface area contributed by atoms with E-state index in [9.17, 15) is 4.79 Å². The van der Waals surface area contributed by atoms with Gasteiger partial charge in [-0.3, -0.25) is 14.6 Å². The lowest BCUT2D eigenvalue weighted by Gasteiger charge is -2.10. The van der Waals surface area contributed by atoms with Crippen molar-refractivity contribution in [3.05, 3.63) is 93.8 Å². The van der Waals surface area contributed by atoms with Crippen LogP contribution in [-0.4, -0.2) is 15.6 Å². The SMILES string of the molecule is Cc1ccc(N/N=C/c2c(NCc3ccco3)nc3ccc(C)cn3c2=O)cc1. The van der Waals surface area contributed by atoms with E-state index in [2.05, 4.69) is 20.8 Å². The van der Waals surface area contributed by atoms with Gasteiger partial charge in [-0.1, -0.05) is 23.8 Å². The summed E-state index contributed by atoms with van der Waals surface area (Å²) in [7, 11) is 0. The number of hydrazone groups is 1. The zero-order valence-corrected chi connectivity index (χ0v) is 16.2. The second-order valence-electron chi connectivity index (χ2n) is 6.78. The standard InChI is InChI=1S/C22H21N5O2/c1-15-5-8-17(9-6-15)26-24-13-19-21(23-12-18-4-3-11-29-18)25-20-10-7-16(2)14-27(20)22(19)28/h3-11,13-14,23,26H,12H2,1-2H3/b24-13+. The van der Waals surface area contributed by atoms with E-state index in [1.807, 2.05) is 62.4 Å². The van der Waals surface area contributed by atoms with Crippen LogP contribution in [0.4, 0.5) is 11.5 Å². The van der Waals surface area contributed by atoms with E-state index >= 15 is 0 Å². The summed E-state index contributed by atoms with van der Waals surface area (Å²) < 4.78 is 6.89. The maximum Gasteiger partial charge on any atom is 0.268 e. The molecule has 7 nitrogen and oxygen atoms in total. The number of aromatic nitrogens is 2. The van der Waals surface area contributed by atoms with Crippen LogP contribution in [0.2, 0.25) is 0 Å². The molecule has 3 aromatic heterocycles. The summed E-state index contributed by atoms with van der Waals surface area (Å²) in [5.74, 6) is 1.20. The molecule has 0 aliphatic heterocycles. The van der Waals surface area contributed by atoms with E-state index in [0.29, 0.717) is 23.6 Å². The van der Waals surface area contributed by atoms with Crippen molar-refractivity contribution in [3.8, 4) is 0 Å². The van der Waals surface area contributed by atoms with Crippen LogP contribution in [0.3, 0.4) is 0 Å². The molecule has 0 bridgehead atoms. The molecule has 0 radical (unpaired) electrons. The molecular formula is C22H21N5O2. The number of hydrogen-bond donors (Lipinski definition) is 2. The van der Waals surface area contributed by atoms with Crippen LogP contribution in [0.15, 0.2) is 75.3 Å². The minimum atomic E-state index is -0.199. The van der Waals surface area contributed by atoms with Crippen molar-refractivity contribution in [1.29, 1.82) is 0 Å². The number of benzene rings is 1. The second kappa shape index (κ2) is 8.02. The zero-order chi connectivity index (χ0) is 20.2. The molecule has 0 amide bonds. The van der Waals surface area contributed by atoms with E-state index in [0.717, 1.165) is 22.6 Å². The summed E-state index contributed by atoms with van der Waals surface area (Å²) in [5, 5.41) is 7.43. The third-order valence-electron chi connectivity index (χ3n) is 4.45. The van der Waals surface area contributed by atoms with Crippen molar-refractivity contribution >= 4 is 23.4 Å². The largest absolute Gasteiger partial charge is 0.467 e. The summed E-state index contributed by atoms with van der Waals surface area (Å²) in [6.07, 6.45) is 4.87. The lowest BCUT2D eigenvalue weighted by atomic mass is 10.2. The normalized spacial score (nSPS) is 11.2. The highest BCUT2D eigenvalue weighted by molar-refractivity contribution is 5.86. The molecule has 0 atom stereocenters. The molecule has 7 heteroatoms. The Kier molecular flexibility index (Phi) is 5.11. The average Bonchev–Trinajstić information content (AvgIpc) is 3.24. The molecule has 4 aromatic rings. The van der Waals surface area contributed by atoms with Gasteiger partial charge in [-0.2, -0.15) is 5.10 Å². The fourth-order valence-electron chi connectivity index (χ4n) is 2.89. The van der Waals surface area contributed by atoms with Crippen molar-refractivity contribution in [2.75, 3.05) is 10.7 Å². The maximum atomic E-state index is 13.1. The lowest BCUT2D eigenvalue weighted by Crippen LogP contribution is -2.22. The Bertz CT molecular complexity index is 1210. The third-order valence-corrected chi connectivity index (χ3v) is 4.45. The molecule has 0 unspecified atom stereocenters. The van der Waals surface area contributed by atoms with Crippen LogP contribution in [0.25, 0.3) is 5.65 Å². The van der Waals surface area contributed by atoms with Gasteiger partial charge in [-0.05, 0) is 49.7 Å². The summed E-state index contributed by atoms with van der Waals surface area (Å²) in [5.41, 5.74) is 6.64. The molecule has 146 valence electrons. The minimum absolute atomic E-state index is 0.199. The molecule has 0 aliphatic rings. The van der Waals surface area contributed by atoms with E-state index in [1.54, 1.807) is 12.5 Å². The quantitative estimate of drug-likeness (QED) is 0.386. The number of nitrogens with one attached hydrogen (secondary N) is 2. The molecule has 3 heterocycles. The van der Waals surface area contributed by atoms with Crippen molar-refractivity contribution < 1.29 is 4.42 Å². The van der Waals surface area contributed by atoms with E-state index in [4.69, 9.17) is 4.42 Å². The fraction of sp³-hybridized carbons (Fsp3) is 0.136. The van der Waals surface area contributed by atoms with Crippen molar-refractivity contribution in [1.82, 2.24) is 9.38 Å². The number of fused-ring (bicyclic) bond motifs is 1. The van der Waals surface area contributed by atoms with Gasteiger partial charge in [0.2, 0.25) is 0 Å². The van der Waals surface area contributed by atoms with Gasteiger partial charge in [0.15, 0.2) is 0 Å². The second-order valence-corrected chi connectivity index (χ2v) is 6.78. The molecular weight excluding hydrogens is 366 g/mol. The molecule has 0 saturated heterocycles. The number of nitrogens with zero attached hydrogens (tertiary/aromatic N) is 3. The topological polar surface area (TPSA) is 83.9 Å². The van der Waals surface area contributed by atoms with Gasteiger partial charge in [0.1, 0.15) is 22.8 Å². The highest BCUT2D eigenvalue weighted by Gasteiger charge is 2.12. The lowest BCUT2D eigenvalue weighted by molar-refractivity contribution is 0.518. The van der Waals surface area contributed by atoms with Gasteiger partial charge in [0.05, 0.1) is 24.7 Å². The molecule has 0 saturated carbocycles. The van der Waals surface area contributed by atoms with Gasteiger partial charge in [-0.15, -0.1) is 0 Å². The summed E-state index contributed by atoms with van der Waals surface area (Å²) >= 11 is 0. The Labute approximate surface area is 167 Å². The summed E-state index contributed by atoms with van der Waals surface area (Å²) in [6, 6.07) is 15.3. The van der Waals surface area contributed by atoms with E-state index in [1.165, 1.54) is 10.6 Å².